The molecule has 7 aromatic carbocycles. The Kier molecular flexibility index (Phi) is 6.91. The lowest BCUT2D eigenvalue weighted by molar-refractivity contribution is 0.669. The second kappa shape index (κ2) is 12.0. The van der Waals surface area contributed by atoms with E-state index in [0.717, 1.165) is 62.0 Å². The van der Waals surface area contributed by atoms with Gasteiger partial charge in [-0.1, -0.05) is 140 Å². The molecule has 1 atom stereocenters. The molecule has 1 aliphatic rings. The van der Waals surface area contributed by atoms with Gasteiger partial charge in [0.2, 0.25) is 0 Å². The molecule has 2 aromatic heterocycles. The minimum atomic E-state index is 0.0668. The summed E-state index contributed by atoms with van der Waals surface area (Å²) < 4.78 is 6.52. The van der Waals surface area contributed by atoms with Crippen LogP contribution in [0.4, 0.5) is 0 Å². The smallest absolute Gasteiger partial charge is 0.164 e. The zero-order chi connectivity index (χ0) is 33.7. The summed E-state index contributed by atoms with van der Waals surface area (Å²) in [6.07, 6.45) is 9.34. The van der Waals surface area contributed by atoms with Gasteiger partial charge in [-0.15, -0.1) is 0 Å². The van der Waals surface area contributed by atoms with Gasteiger partial charge in [0, 0.05) is 27.8 Å². The molecule has 0 radical (unpaired) electrons. The lowest BCUT2D eigenvalue weighted by Gasteiger charge is -2.15. The fraction of sp³-hybridized carbons (Fsp3) is 0.0426. The minimum absolute atomic E-state index is 0.0668. The van der Waals surface area contributed by atoms with Crippen molar-refractivity contribution in [3.63, 3.8) is 0 Å². The minimum Gasteiger partial charge on any atom is -0.456 e. The van der Waals surface area contributed by atoms with E-state index in [1.54, 1.807) is 0 Å². The average molecular weight is 654 g/mol. The molecular formula is C47H31N3O. The number of benzene rings is 7. The van der Waals surface area contributed by atoms with Crippen molar-refractivity contribution in [3.05, 3.63) is 176 Å². The normalized spacial score (nSPS) is 14.2. The molecule has 9 aromatic rings. The van der Waals surface area contributed by atoms with Gasteiger partial charge < -0.3 is 4.42 Å². The van der Waals surface area contributed by atoms with E-state index >= 15 is 0 Å². The van der Waals surface area contributed by atoms with Crippen LogP contribution >= 0.6 is 0 Å². The first kappa shape index (κ1) is 29.3. The fourth-order valence-corrected chi connectivity index (χ4v) is 7.32. The van der Waals surface area contributed by atoms with Crippen molar-refractivity contribution in [1.29, 1.82) is 0 Å². The Labute approximate surface area is 295 Å². The van der Waals surface area contributed by atoms with Crippen LogP contribution in [0, 0.1) is 0 Å². The van der Waals surface area contributed by atoms with Gasteiger partial charge in [0.15, 0.2) is 11.6 Å². The Morgan fingerprint density at radius 2 is 1.10 bits per heavy atom. The van der Waals surface area contributed by atoms with E-state index in [1.807, 2.05) is 12.1 Å². The summed E-state index contributed by atoms with van der Waals surface area (Å²) in [5.74, 6) is 2.13. The van der Waals surface area contributed by atoms with Gasteiger partial charge in [0.1, 0.15) is 17.0 Å². The third-order valence-electron chi connectivity index (χ3n) is 10.0. The van der Waals surface area contributed by atoms with Crippen molar-refractivity contribution < 1.29 is 4.42 Å². The van der Waals surface area contributed by atoms with E-state index < -0.39 is 0 Å². The summed E-state index contributed by atoms with van der Waals surface area (Å²) >= 11 is 0. The van der Waals surface area contributed by atoms with Crippen LogP contribution in [-0.2, 0) is 0 Å². The lowest BCUT2D eigenvalue weighted by atomic mass is 9.98. The number of furan rings is 1. The van der Waals surface area contributed by atoms with Crippen LogP contribution in [0.3, 0.4) is 0 Å². The molecule has 240 valence electrons. The number of rotatable bonds is 5. The van der Waals surface area contributed by atoms with Crippen LogP contribution in [0.25, 0.3) is 88.5 Å². The Morgan fingerprint density at radius 3 is 1.82 bits per heavy atom. The number of nitrogens with zero attached hydrogens (tertiary/aromatic N) is 3. The van der Waals surface area contributed by atoms with Gasteiger partial charge in [-0.05, 0) is 80.6 Å². The predicted octanol–water partition coefficient (Wildman–Crippen LogP) is 12.3. The number of hydrogen-bond acceptors (Lipinski definition) is 4. The molecule has 51 heavy (non-hydrogen) atoms. The van der Waals surface area contributed by atoms with Gasteiger partial charge in [-0.2, -0.15) is 0 Å². The van der Waals surface area contributed by atoms with E-state index in [0.29, 0.717) is 11.6 Å². The average Bonchev–Trinajstić information content (AvgIpc) is 3.59. The summed E-state index contributed by atoms with van der Waals surface area (Å²) in [4.78, 5) is 15.3. The molecule has 2 heterocycles. The first-order valence-electron chi connectivity index (χ1n) is 17.4. The van der Waals surface area contributed by atoms with E-state index in [-0.39, 0.29) is 5.92 Å². The van der Waals surface area contributed by atoms with Crippen molar-refractivity contribution in [1.82, 2.24) is 15.0 Å². The zero-order valence-corrected chi connectivity index (χ0v) is 27.7. The Hall–Kier alpha value is -6.65. The molecule has 1 aliphatic carbocycles. The maximum Gasteiger partial charge on any atom is 0.164 e. The molecule has 10 rings (SSSR count). The van der Waals surface area contributed by atoms with Crippen LogP contribution in [0.5, 0.6) is 0 Å². The van der Waals surface area contributed by atoms with Gasteiger partial charge >= 0.3 is 0 Å². The highest BCUT2D eigenvalue weighted by Crippen LogP contribution is 2.39. The summed E-state index contributed by atoms with van der Waals surface area (Å²) in [5, 5.41) is 6.95. The summed E-state index contributed by atoms with van der Waals surface area (Å²) in [6, 6.07) is 51.3. The van der Waals surface area contributed by atoms with Crippen LogP contribution in [0.1, 0.15) is 18.2 Å². The Morgan fingerprint density at radius 1 is 0.471 bits per heavy atom. The van der Waals surface area contributed by atoms with Crippen LogP contribution in [-0.4, -0.2) is 15.0 Å². The molecule has 0 fully saturated rings. The highest BCUT2D eigenvalue weighted by molar-refractivity contribution is 6.12. The highest BCUT2D eigenvalue weighted by atomic mass is 16.3. The quantitative estimate of drug-likeness (QED) is 0.185. The van der Waals surface area contributed by atoms with E-state index in [9.17, 15) is 0 Å². The van der Waals surface area contributed by atoms with Crippen molar-refractivity contribution in [3.8, 4) is 45.0 Å². The van der Waals surface area contributed by atoms with Gasteiger partial charge in [-0.25, -0.2) is 15.0 Å². The molecule has 1 unspecified atom stereocenters. The number of aromatic nitrogens is 3. The van der Waals surface area contributed by atoms with Crippen LogP contribution in [0.2, 0.25) is 0 Å². The first-order chi connectivity index (χ1) is 25.2. The van der Waals surface area contributed by atoms with E-state index in [2.05, 4.69) is 158 Å². The summed E-state index contributed by atoms with van der Waals surface area (Å²) in [7, 11) is 0. The molecule has 0 amide bonds. The van der Waals surface area contributed by atoms with Crippen LogP contribution < -0.4 is 0 Å². The molecule has 0 N–H and O–H groups in total. The fourth-order valence-electron chi connectivity index (χ4n) is 7.32. The first-order valence-corrected chi connectivity index (χ1v) is 17.4. The van der Waals surface area contributed by atoms with Crippen LogP contribution in [0.15, 0.2) is 174 Å². The van der Waals surface area contributed by atoms with Gasteiger partial charge in [-0.3, -0.25) is 0 Å². The third-order valence-corrected chi connectivity index (χ3v) is 10.0. The summed E-state index contributed by atoms with van der Waals surface area (Å²) in [6.45, 7) is 0. The number of hydrogen-bond donors (Lipinski definition) is 0. The topological polar surface area (TPSA) is 51.8 Å². The van der Waals surface area contributed by atoms with Gasteiger partial charge in [0.25, 0.3) is 0 Å². The molecule has 4 heteroatoms. The number of fused-ring (bicyclic) bond motifs is 5. The molecule has 0 saturated heterocycles. The molecule has 0 bridgehead atoms. The lowest BCUT2D eigenvalue weighted by Crippen LogP contribution is -2.08. The predicted molar refractivity (Wildman–Crippen MR) is 209 cm³/mol. The standard InChI is InChI=1S/C47H31N3O/c1-2-11-33(12-3-1)45-48-46(34-21-17-32(18-22-34)37-23-19-30-9-4-6-13-35(30)27-37)50-47(49-45)41-15-8-16-42-44(41)40-26-25-39(29-43(40)51-42)38-24-20-31-10-5-7-14-36(31)28-38/h1-11,13-29,33H,12H2. The van der Waals surface area contributed by atoms with Crippen molar-refractivity contribution >= 4 is 43.5 Å². The molecular weight excluding hydrogens is 623 g/mol. The monoisotopic (exact) mass is 653 g/mol. The van der Waals surface area contributed by atoms with Crippen molar-refractivity contribution in [2.45, 2.75) is 12.3 Å². The Bertz CT molecular complexity index is 2840. The third kappa shape index (κ3) is 5.29. The maximum absolute atomic E-state index is 6.52. The van der Waals surface area contributed by atoms with Crippen molar-refractivity contribution in [2.75, 3.05) is 0 Å². The SMILES string of the molecule is C1=CCC(c2nc(-c3ccc(-c4ccc5ccccc5c4)cc3)nc(-c3cccc4oc5cc(-c6ccc7ccccc7c6)ccc5c34)n2)C=C1. The molecule has 4 nitrogen and oxygen atoms in total. The van der Waals surface area contributed by atoms with Crippen molar-refractivity contribution in [2.24, 2.45) is 0 Å². The highest BCUT2D eigenvalue weighted by Gasteiger charge is 2.20. The van der Waals surface area contributed by atoms with E-state index in [1.165, 1.54) is 27.1 Å². The summed E-state index contributed by atoms with van der Waals surface area (Å²) in [5.41, 5.74) is 8.12. The molecule has 0 saturated carbocycles. The zero-order valence-electron chi connectivity index (χ0n) is 27.7. The number of allylic oxidation sites excluding steroid dienone is 4. The second-order valence-corrected chi connectivity index (χ2v) is 13.2. The van der Waals surface area contributed by atoms with Gasteiger partial charge in [0.05, 0.1) is 0 Å². The molecule has 0 aliphatic heterocycles. The second-order valence-electron chi connectivity index (χ2n) is 13.2. The Balaban J connectivity index is 1.07. The van der Waals surface area contributed by atoms with E-state index in [4.69, 9.17) is 19.4 Å². The molecule has 0 spiro atoms. The maximum atomic E-state index is 6.52. The largest absolute Gasteiger partial charge is 0.456 e.